The molecule has 0 aliphatic rings. The fourth-order valence-electron chi connectivity index (χ4n) is 0.0962. The molecule has 1 atom stereocenters. The standard InChI is InChI=1S/C4H8NO.Fm/c1-2-4(5)3-6;/h3-5H,2H2,1H3;/q-1;. The van der Waals surface area contributed by atoms with Gasteiger partial charge in [0, 0.05) is 0 Å². The normalized spacial score (nSPS) is 11.7. The molecule has 1 unspecified atom stereocenters. The van der Waals surface area contributed by atoms with Gasteiger partial charge in [-0.3, -0.25) is 0 Å². The van der Waals surface area contributed by atoms with E-state index in [1.165, 1.54) is 0 Å². The summed E-state index contributed by atoms with van der Waals surface area (Å²) in [5.74, 6) is 0. The summed E-state index contributed by atoms with van der Waals surface area (Å²) in [6.07, 6.45) is 1.27. The number of carbonyl (C=O) groups is 1. The Morgan fingerprint density at radius 1 is 1.86 bits per heavy atom. The van der Waals surface area contributed by atoms with Crippen molar-refractivity contribution >= 4 is 6.29 Å². The SMILES string of the molecule is CCC([NH-])C=O.[Fm]. The van der Waals surface area contributed by atoms with Crippen molar-refractivity contribution in [3.05, 3.63) is 5.73 Å². The van der Waals surface area contributed by atoms with E-state index in [-0.39, 0.29) is 0 Å². The van der Waals surface area contributed by atoms with Gasteiger partial charge >= 0.3 is 0 Å². The van der Waals surface area contributed by atoms with E-state index in [1.807, 2.05) is 6.92 Å². The topological polar surface area (TPSA) is 40.9 Å². The summed E-state index contributed by atoms with van der Waals surface area (Å²) in [5.41, 5.74) is 6.70. The molecule has 0 saturated heterocycles. The maximum absolute atomic E-state index is 9.55. The predicted molar refractivity (Wildman–Crippen MR) is 24.5 cm³/mol. The summed E-state index contributed by atoms with van der Waals surface area (Å²) in [4.78, 5) is 9.55. The third-order valence-corrected chi connectivity index (χ3v) is 0.604. The molecule has 0 heterocycles. The summed E-state index contributed by atoms with van der Waals surface area (Å²) < 4.78 is 0. The zero-order valence-corrected chi connectivity index (χ0v) is 6.46. The van der Waals surface area contributed by atoms with Gasteiger partial charge in [-0.25, -0.2) is 0 Å². The molecule has 0 aliphatic heterocycles. The smallest absolute Gasteiger partial charge is 0.102 e. The number of hydrogen-bond donors (Lipinski definition) is 0. The van der Waals surface area contributed by atoms with Crippen LogP contribution in [0.15, 0.2) is 0 Å². The average Bonchev–Trinajstić information content (AvgIpc) is 1.65. The molecule has 0 aromatic heterocycles. The summed E-state index contributed by atoms with van der Waals surface area (Å²) >= 11 is 0. The number of aldehydes is 1. The van der Waals surface area contributed by atoms with Crippen LogP contribution in [0.5, 0.6) is 0 Å². The monoisotopic (exact) mass is 343 g/mol. The second-order valence-electron chi connectivity index (χ2n) is 1.15. The van der Waals surface area contributed by atoms with Crippen molar-refractivity contribution in [2.24, 2.45) is 0 Å². The van der Waals surface area contributed by atoms with Gasteiger partial charge < -0.3 is 10.5 Å². The van der Waals surface area contributed by atoms with Gasteiger partial charge in [-0.2, -0.15) is 0 Å². The van der Waals surface area contributed by atoms with E-state index in [1.54, 1.807) is 0 Å². The maximum atomic E-state index is 9.55. The van der Waals surface area contributed by atoms with Gasteiger partial charge in [0.2, 0.25) is 0 Å². The van der Waals surface area contributed by atoms with E-state index in [0.29, 0.717) is 12.7 Å². The van der Waals surface area contributed by atoms with Crippen LogP contribution in [0.2, 0.25) is 0 Å². The van der Waals surface area contributed by atoms with Crippen molar-refractivity contribution in [1.82, 2.24) is 0 Å². The van der Waals surface area contributed by atoms with Gasteiger partial charge in [0.25, 0.3) is 0 Å². The Kier molecular flexibility index (Phi) is 6.06. The molecule has 0 spiro atoms. The van der Waals surface area contributed by atoms with Crippen molar-refractivity contribution in [3.8, 4) is 0 Å². The van der Waals surface area contributed by atoms with Crippen LogP contribution in [0.1, 0.15) is 13.3 Å². The Morgan fingerprint density at radius 3 is 2.29 bits per heavy atom. The molecule has 0 saturated carbocycles. The average molecular weight is 343 g/mol. The van der Waals surface area contributed by atoms with Gasteiger partial charge in [0.05, 0.1) is 0 Å². The van der Waals surface area contributed by atoms with Gasteiger partial charge in [0.15, 0.2) is 0 Å². The zero-order chi connectivity index (χ0) is 4.99. The van der Waals surface area contributed by atoms with E-state index in [0.717, 1.165) is 0 Å². The second-order valence-corrected chi connectivity index (χ2v) is 1.15. The van der Waals surface area contributed by atoms with Crippen LogP contribution in [0.25, 0.3) is 5.73 Å². The third kappa shape index (κ3) is 4.63. The molecular formula is C4H8FmNO-. The fraction of sp³-hybridized carbons (Fsp3) is 0.750. The molecule has 0 fully saturated rings. The number of rotatable bonds is 2. The predicted octanol–water partition coefficient (Wildman–Crippen LogP) is 1.02. The Labute approximate surface area is 37.3 Å². The summed E-state index contributed by atoms with van der Waals surface area (Å²) in [7, 11) is 0. The van der Waals surface area contributed by atoms with Crippen LogP contribution in [-0.4, -0.2) is 12.3 Å². The molecule has 0 radical (unpaired) electrons. The molecule has 48 valence electrons. The molecule has 3 heteroatoms. The molecule has 0 aliphatic carbocycles. The Morgan fingerprint density at radius 2 is 2.29 bits per heavy atom. The van der Waals surface area contributed by atoms with E-state index >= 15 is 0 Å². The first-order chi connectivity index (χ1) is 2.81. The maximum Gasteiger partial charge on any atom is 0.102 e. The Balaban J connectivity index is 0. The van der Waals surface area contributed by atoms with Gasteiger partial charge in [-0.1, -0.05) is 19.4 Å². The third-order valence-electron chi connectivity index (χ3n) is 0.604. The number of nitrogens with one attached hydrogen (secondary N) is 1. The first-order valence-corrected chi connectivity index (χ1v) is 1.97. The minimum Gasteiger partial charge on any atom is -0.669 e. The van der Waals surface area contributed by atoms with E-state index in [2.05, 4.69) is 0 Å². The minimum atomic E-state index is -0.495. The van der Waals surface area contributed by atoms with Crippen molar-refractivity contribution in [1.29, 1.82) is 0 Å². The van der Waals surface area contributed by atoms with Gasteiger partial charge in [-0.15, -0.1) is 0 Å². The molecule has 1 N–H and O–H groups in total. The van der Waals surface area contributed by atoms with Gasteiger partial charge in [0.1, 0.15) is 6.29 Å². The first kappa shape index (κ1) is 9.16. The van der Waals surface area contributed by atoms with Crippen molar-refractivity contribution in [3.63, 3.8) is 0 Å². The van der Waals surface area contributed by atoms with E-state index in [4.69, 9.17) is 5.73 Å². The molecular weight excluding hydrogens is 335 g/mol. The molecule has 7 heavy (non-hydrogen) atoms. The summed E-state index contributed by atoms with van der Waals surface area (Å²) in [6.45, 7) is 1.81. The zero-order valence-electron chi connectivity index (χ0n) is 4.06. The number of carbonyl (C=O) groups excluding carboxylic acids is 1. The van der Waals surface area contributed by atoms with Crippen LogP contribution >= 0.6 is 0 Å². The van der Waals surface area contributed by atoms with E-state index < -0.39 is 6.04 Å². The van der Waals surface area contributed by atoms with E-state index in [9.17, 15) is 4.79 Å². The summed E-state index contributed by atoms with van der Waals surface area (Å²) in [6, 6.07) is -0.495. The molecule has 2 nitrogen and oxygen atoms in total. The molecule has 0 amide bonds. The first-order valence-electron chi connectivity index (χ1n) is 1.97. The summed E-state index contributed by atoms with van der Waals surface area (Å²) in [5, 5.41) is 0. The van der Waals surface area contributed by atoms with Crippen LogP contribution in [0, 0.1) is 0 Å². The molecule has 0 aromatic rings. The molecule has 0 aromatic carbocycles. The van der Waals surface area contributed by atoms with Crippen molar-refractivity contribution in [2.45, 2.75) is 19.4 Å². The largest absolute Gasteiger partial charge is 0.669 e. The van der Waals surface area contributed by atoms with Crippen molar-refractivity contribution < 1.29 is 4.79 Å². The van der Waals surface area contributed by atoms with Crippen LogP contribution in [-0.2, 0) is 4.79 Å². The quantitative estimate of drug-likeness (QED) is 0.690. The Bertz CT molecular complexity index is 49.0. The van der Waals surface area contributed by atoms with Crippen molar-refractivity contribution in [2.75, 3.05) is 0 Å². The second kappa shape index (κ2) is 4.63. The number of hydrogen-bond acceptors (Lipinski definition) is 1. The molecule has 0 rings (SSSR count). The van der Waals surface area contributed by atoms with Gasteiger partial charge in [-0.05, 0) is 0 Å². The minimum absolute atomic E-state index is 0. The fourth-order valence-corrected chi connectivity index (χ4v) is 0.0962. The van der Waals surface area contributed by atoms with Crippen LogP contribution in [0.4, 0.5) is 0 Å². The Hall–Kier alpha value is -1.37. The van der Waals surface area contributed by atoms with Crippen LogP contribution in [0.3, 0.4) is 0 Å². The molecule has 0 bridgehead atoms. The van der Waals surface area contributed by atoms with Crippen LogP contribution < -0.4 is 0 Å².